The summed E-state index contributed by atoms with van der Waals surface area (Å²) < 4.78 is 0. The summed E-state index contributed by atoms with van der Waals surface area (Å²) in [6.07, 6.45) is 2.00. The number of carbonyl (C=O) groups is 1. The molecule has 0 aromatic heterocycles. The number of fused-ring (bicyclic) bond motifs is 1. The lowest BCUT2D eigenvalue weighted by atomic mass is 10.0. The van der Waals surface area contributed by atoms with E-state index in [-0.39, 0.29) is 11.9 Å². The molecule has 0 fully saturated rings. The van der Waals surface area contributed by atoms with Crippen LogP contribution in [0.25, 0.3) is 0 Å². The van der Waals surface area contributed by atoms with E-state index in [1.807, 2.05) is 19.2 Å². The van der Waals surface area contributed by atoms with Crippen LogP contribution in [0.3, 0.4) is 0 Å². The zero-order valence-electron chi connectivity index (χ0n) is 10.5. The fourth-order valence-corrected chi connectivity index (χ4v) is 2.79. The number of anilines is 1. The van der Waals surface area contributed by atoms with Gasteiger partial charge in [0.1, 0.15) is 0 Å². The minimum Gasteiger partial charge on any atom is -0.324 e. The molecule has 0 saturated carbocycles. The molecule has 18 heavy (non-hydrogen) atoms. The Kier molecular flexibility index (Phi) is 4.63. The number of rotatable bonds is 5. The molecular formula is C13H19N3OS. The summed E-state index contributed by atoms with van der Waals surface area (Å²) in [5.74, 6) is 0.564. The Hall–Kier alpha value is -1.04. The van der Waals surface area contributed by atoms with Crippen molar-refractivity contribution in [3.05, 3.63) is 23.8 Å². The number of thioether (sulfide) groups is 1. The third-order valence-electron chi connectivity index (χ3n) is 3.01. The first-order valence-electron chi connectivity index (χ1n) is 6.17. The molecule has 4 nitrogen and oxygen atoms in total. The van der Waals surface area contributed by atoms with Crippen LogP contribution in [0.2, 0.25) is 0 Å². The van der Waals surface area contributed by atoms with Crippen LogP contribution < -0.4 is 16.4 Å². The van der Waals surface area contributed by atoms with Crippen LogP contribution in [0.4, 0.5) is 5.69 Å². The maximum absolute atomic E-state index is 11.3. The van der Waals surface area contributed by atoms with Gasteiger partial charge in [-0.25, -0.2) is 0 Å². The Morgan fingerprint density at radius 2 is 2.39 bits per heavy atom. The molecule has 1 heterocycles. The van der Waals surface area contributed by atoms with Gasteiger partial charge in [-0.1, -0.05) is 6.07 Å². The van der Waals surface area contributed by atoms with Crippen LogP contribution in [-0.2, 0) is 4.79 Å². The SMILES string of the molecule is CNCCCC(N)c1ccc2c(c1)NC(=O)CS2. The van der Waals surface area contributed by atoms with E-state index in [2.05, 4.69) is 16.7 Å². The first kappa shape index (κ1) is 13.4. The lowest BCUT2D eigenvalue weighted by Crippen LogP contribution is -2.20. The van der Waals surface area contributed by atoms with E-state index in [0.717, 1.165) is 35.5 Å². The van der Waals surface area contributed by atoms with Crippen molar-refractivity contribution in [3.8, 4) is 0 Å². The highest BCUT2D eigenvalue weighted by atomic mass is 32.2. The van der Waals surface area contributed by atoms with Gasteiger partial charge in [0.25, 0.3) is 0 Å². The van der Waals surface area contributed by atoms with Crippen molar-refractivity contribution in [1.82, 2.24) is 5.32 Å². The highest BCUT2D eigenvalue weighted by molar-refractivity contribution is 8.00. The van der Waals surface area contributed by atoms with Gasteiger partial charge in [-0.2, -0.15) is 0 Å². The summed E-state index contributed by atoms with van der Waals surface area (Å²) in [6.45, 7) is 0.977. The van der Waals surface area contributed by atoms with Crippen LogP contribution in [0, 0.1) is 0 Å². The molecule has 98 valence electrons. The summed E-state index contributed by atoms with van der Waals surface area (Å²) in [4.78, 5) is 12.5. The lowest BCUT2D eigenvalue weighted by Gasteiger charge is -2.19. The zero-order chi connectivity index (χ0) is 13.0. The molecule has 0 saturated heterocycles. The third-order valence-corrected chi connectivity index (χ3v) is 4.08. The van der Waals surface area contributed by atoms with E-state index in [0.29, 0.717) is 5.75 Å². The molecular weight excluding hydrogens is 246 g/mol. The van der Waals surface area contributed by atoms with Gasteiger partial charge in [0.2, 0.25) is 5.91 Å². The molecule has 1 amide bonds. The van der Waals surface area contributed by atoms with Crippen LogP contribution in [0.15, 0.2) is 23.1 Å². The first-order valence-corrected chi connectivity index (χ1v) is 7.16. The highest BCUT2D eigenvalue weighted by Crippen LogP contribution is 2.33. The number of benzene rings is 1. The molecule has 1 aromatic rings. The van der Waals surface area contributed by atoms with Gasteiger partial charge in [-0.05, 0) is 44.1 Å². The average Bonchev–Trinajstić information content (AvgIpc) is 2.38. The Bertz CT molecular complexity index is 436. The molecule has 1 atom stereocenters. The van der Waals surface area contributed by atoms with Gasteiger partial charge < -0.3 is 16.4 Å². The van der Waals surface area contributed by atoms with Crippen LogP contribution in [0.1, 0.15) is 24.4 Å². The predicted octanol–water partition coefficient (Wildman–Crippen LogP) is 1.73. The van der Waals surface area contributed by atoms with Gasteiger partial charge in [0.05, 0.1) is 11.4 Å². The average molecular weight is 265 g/mol. The van der Waals surface area contributed by atoms with Crippen LogP contribution in [0.5, 0.6) is 0 Å². The monoisotopic (exact) mass is 265 g/mol. The maximum atomic E-state index is 11.3. The van der Waals surface area contributed by atoms with Crippen molar-refractivity contribution in [2.24, 2.45) is 5.73 Å². The Morgan fingerprint density at radius 3 is 3.17 bits per heavy atom. The second-order valence-corrected chi connectivity index (χ2v) is 5.46. The smallest absolute Gasteiger partial charge is 0.234 e. The third kappa shape index (κ3) is 3.25. The van der Waals surface area contributed by atoms with Crippen molar-refractivity contribution in [3.63, 3.8) is 0 Å². The van der Waals surface area contributed by atoms with E-state index in [1.165, 1.54) is 0 Å². The molecule has 0 aliphatic carbocycles. The number of nitrogens with two attached hydrogens (primary N) is 1. The molecule has 0 spiro atoms. The van der Waals surface area contributed by atoms with Gasteiger partial charge in [0.15, 0.2) is 0 Å². The van der Waals surface area contributed by atoms with Crippen LogP contribution in [-0.4, -0.2) is 25.3 Å². The topological polar surface area (TPSA) is 67.2 Å². The lowest BCUT2D eigenvalue weighted by molar-refractivity contribution is -0.113. The van der Waals surface area contributed by atoms with E-state index >= 15 is 0 Å². The highest BCUT2D eigenvalue weighted by Gasteiger charge is 2.16. The van der Waals surface area contributed by atoms with E-state index in [1.54, 1.807) is 11.8 Å². The fraction of sp³-hybridized carbons (Fsp3) is 0.462. The number of nitrogens with one attached hydrogen (secondary N) is 2. The Balaban J connectivity index is 2.05. The molecule has 5 heteroatoms. The van der Waals surface area contributed by atoms with Crippen LogP contribution >= 0.6 is 11.8 Å². The maximum Gasteiger partial charge on any atom is 0.234 e. The van der Waals surface area contributed by atoms with Crippen molar-refractivity contribution < 1.29 is 4.79 Å². The standard InChI is InChI=1S/C13H19N3OS/c1-15-6-2-3-10(14)9-4-5-12-11(7-9)16-13(17)8-18-12/h4-5,7,10,15H,2-3,6,8,14H2,1H3,(H,16,17). The number of carbonyl (C=O) groups excluding carboxylic acids is 1. The Labute approximate surface area is 112 Å². The summed E-state index contributed by atoms with van der Waals surface area (Å²) in [7, 11) is 1.94. The molecule has 1 aromatic carbocycles. The van der Waals surface area contributed by atoms with Gasteiger partial charge >= 0.3 is 0 Å². The van der Waals surface area contributed by atoms with Gasteiger partial charge in [-0.3, -0.25) is 4.79 Å². The molecule has 4 N–H and O–H groups in total. The molecule has 1 aliphatic heterocycles. The van der Waals surface area contributed by atoms with Gasteiger partial charge in [0, 0.05) is 10.9 Å². The normalized spacial score (nSPS) is 16.0. The molecule has 2 rings (SSSR count). The minimum atomic E-state index is 0.0347. The second kappa shape index (κ2) is 6.22. The minimum absolute atomic E-state index is 0.0347. The largest absolute Gasteiger partial charge is 0.324 e. The number of amides is 1. The zero-order valence-corrected chi connectivity index (χ0v) is 11.3. The van der Waals surface area contributed by atoms with Crippen molar-refractivity contribution in [2.75, 3.05) is 24.7 Å². The quantitative estimate of drug-likeness (QED) is 0.709. The van der Waals surface area contributed by atoms with Crippen molar-refractivity contribution in [2.45, 2.75) is 23.8 Å². The molecule has 0 radical (unpaired) electrons. The summed E-state index contributed by atoms with van der Waals surface area (Å²) in [5, 5.41) is 6.01. The number of hydrogen-bond acceptors (Lipinski definition) is 4. The summed E-state index contributed by atoms with van der Waals surface area (Å²) in [5.41, 5.74) is 8.15. The van der Waals surface area contributed by atoms with Crippen molar-refractivity contribution >= 4 is 23.4 Å². The van der Waals surface area contributed by atoms with Crippen molar-refractivity contribution in [1.29, 1.82) is 0 Å². The molecule has 1 aliphatic rings. The molecule has 1 unspecified atom stereocenters. The summed E-state index contributed by atoms with van der Waals surface area (Å²) in [6, 6.07) is 6.15. The van der Waals surface area contributed by atoms with Gasteiger partial charge in [-0.15, -0.1) is 11.8 Å². The summed E-state index contributed by atoms with van der Waals surface area (Å²) >= 11 is 1.58. The number of hydrogen-bond donors (Lipinski definition) is 3. The predicted molar refractivity (Wildman–Crippen MR) is 75.9 cm³/mol. The molecule has 0 bridgehead atoms. The van der Waals surface area contributed by atoms with E-state index in [4.69, 9.17) is 5.73 Å². The first-order chi connectivity index (χ1) is 8.70. The van der Waals surface area contributed by atoms with E-state index < -0.39 is 0 Å². The van der Waals surface area contributed by atoms with E-state index in [9.17, 15) is 4.79 Å². The second-order valence-electron chi connectivity index (χ2n) is 4.44. The fourth-order valence-electron chi connectivity index (χ4n) is 2.00. The Morgan fingerprint density at radius 1 is 1.56 bits per heavy atom.